The molecule has 4 bridgehead atoms. The van der Waals surface area contributed by atoms with Crippen LogP contribution in [-0.2, 0) is 18.4 Å². The zero-order chi connectivity index (χ0) is 20.3. The van der Waals surface area contributed by atoms with Crippen LogP contribution in [0.2, 0.25) is 0 Å². The van der Waals surface area contributed by atoms with Crippen molar-refractivity contribution in [3.63, 3.8) is 0 Å². The number of aromatic nitrogens is 2. The predicted molar refractivity (Wildman–Crippen MR) is 112 cm³/mol. The summed E-state index contributed by atoms with van der Waals surface area (Å²) in [7, 11) is 1.59. The molecular weight excluding hydrogens is 366 g/mol. The van der Waals surface area contributed by atoms with Gasteiger partial charge in [-0.05, 0) is 80.8 Å². The first-order chi connectivity index (χ1) is 13.9. The molecule has 1 aromatic heterocycles. The Hall–Kier alpha value is -2.37. The highest BCUT2D eigenvalue weighted by Crippen LogP contribution is 2.61. The number of amides is 1. The minimum absolute atomic E-state index is 0.0944. The average molecular weight is 396 g/mol. The maximum atomic E-state index is 12.9. The van der Waals surface area contributed by atoms with Crippen molar-refractivity contribution in [2.45, 2.75) is 58.0 Å². The molecular formula is C23H29N3O3. The van der Waals surface area contributed by atoms with Crippen LogP contribution in [0.25, 0.3) is 11.0 Å². The number of nitrogens with one attached hydrogen (secondary N) is 1. The van der Waals surface area contributed by atoms with Crippen molar-refractivity contribution in [1.82, 2.24) is 14.5 Å². The molecule has 6 heteroatoms. The van der Waals surface area contributed by atoms with E-state index in [1.54, 1.807) is 19.2 Å². The largest absolute Gasteiger partial charge is 0.352 e. The van der Waals surface area contributed by atoms with Gasteiger partial charge in [0.15, 0.2) is 0 Å². The van der Waals surface area contributed by atoms with Crippen LogP contribution >= 0.6 is 0 Å². The van der Waals surface area contributed by atoms with Crippen LogP contribution in [0.4, 0.5) is 0 Å². The van der Waals surface area contributed by atoms with Gasteiger partial charge < -0.3 is 9.88 Å². The Labute approximate surface area is 169 Å². The molecule has 4 fully saturated rings. The topological polar surface area (TPSA) is 73.1 Å². The normalized spacial score (nSPS) is 31.2. The molecule has 4 saturated carbocycles. The minimum Gasteiger partial charge on any atom is -0.352 e. The minimum atomic E-state index is -0.649. The van der Waals surface area contributed by atoms with Crippen molar-refractivity contribution in [1.29, 1.82) is 0 Å². The predicted octanol–water partition coefficient (Wildman–Crippen LogP) is 2.42. The summed E-state index contributed by atoms with van der Waals surface area (Å²) in [6.45, 7) is 2.02. The Bertz CT molecular complexity index is 1060. The fraction of sp³-hybridized carbons (Fsp3) is 0.609. The third-order valence-corrected chi connectivity index (χ3v) is 7.95. The summed E-state index contributed by atoms with van der Waals surface area (Å²) in [6.07, 6.45) is 7.76. The molecule has 2 aromatic rings. The monoisotopic (exact) mass is 395 g/mol. The van der Waals surface area contributed by atoms with E-state index in [9.17, 15) is 14.4 Å². The summed E-state index contributed by atoms with van der Waals surface area (Å²) in [5, 5.41) is 3.20. The van der Waals surface area contributed by atoms with Gasteiger partial charge in [0.05, 0.1) is 11.0 Å². The lowest BCUT2D eigenvalue weighted by atomic mass is 9.48. The number of benzene rings is 1. The third-order valence-electron chi connectivity index (χ3n) is 7.95. The van der Waals surface area contributed by atoms with Gasteiger partial charge in [-0.25, -0.2) is 0 Å². The van der Waals surface area contributed by atoms with Crippen molar-refractivity contribution >= 4 is 16.9 Å². The van der Waals surface area contributed by atoms with Crippen molar-refractivity contribution in [2.24, 2.45) is 30.2 Å². The highest BCUT2D eigenvalue weighted by molar-refractivity contribution is 5.80. The van der Waals surface area contributed by atoms with Crippen LogP contribution in [0, 0.1) is 23.2 Å². The van der Waals surface area contributed by atoms with E-state index in [0.717, 1.165) is 17.8 Å². The van der Waals surface area contributed by atoms with Gasteiger partial charge in [-0.2, -0.15) is 0 Å². The van der Waals surface area contributed by atoms with Crippen LogP contribution < -0.4 is 16.4 Å². The van der Waals surface area contributed by atoms with Crippen molar-refractivity contribution in [2.75, 3.05) is 0 Å². The van der Waals surface area contributed by atoms with E-state index >= 15 is 0 Å². The van der Waals surface area contributed by atoms with Gasteiger partial charge in [-0.1, -0.05) is 12.1 Å². The number of hydrogen-bond donors (Lipinski definition) is 1. The lowest BCUT2D eigenvalue weighted by Crippen LogP contribution is -2.56. The Morgan fingerprint density at radius 1 is 1.03 bits per heavy atom. The number of rotatable bonds is 4. The first kappa shape index (κ1) is 18.6. The lowest BCUT2D eigenvalue weighted by molar-refractivity contribution is -0.126. The SMILES string of the molecule is CC(NC(=O)Cn1c(=O)c(=O)n(C)c2ccccc21)C12CC3CC(CC(C3)C1)C2. The van der Waals surface area contributed by atoms with Gasteiger partial charge in [0, 0.05) is 13.1 Å². The van der Waals surface area contributed by atoms with E-state index in [0.29, 0.717) is 11.0 Å². The first-order valence-corrected chi connectivity index (χ1v) is 10.8. The number of para-hydroxylation sites is 2. The molecule has 1 N–H and O–H groups in total. The molecule has 6 rings (SSSR count). The summed E-state index contributed by atoms with van der Waals surface area (Å²) >= 11 is 0. The summed E-state index contributed by atoms with van der Waals surface area (Å²) in [5.41, 5.74) is 0.218. The number of fused-ring (bicyclic) bond motifs is 1. The average Bonchev–Trinajstić information content (AvgIpc) is 2.68. The zero-order valence-corrected chi connectivity index (χ0v) is 17.2. The van der Waals surface area contributed by atoms with E-state index in [2.05, 4.69) is 12.2 Å². The molecule has 0 spiro atoms. The van der Waals surface area contributed by atoms with Crippen LogP contribution in [-0.4, -0.2) is 21.1 Å². The van der Waals surface area contributed by atoms with Crippen molar-refractivity contribution in [3.05, 3.63) is 45.0 Å². The van der Waals surface area contributed by atoms with Crippen LogP contribution in [0.15, 0.2) is 33.9 Å². The maximum Gasteiger partial charge on any atom is 0.317 e. The van der Waals surface area contributed by atoms with E-state index in [4.69, 9.17) is 0 Å². The number of nitrogens with zero attached hydrogens (tertiary/aromatic N) is 2. The molecule has 1 heterocycles. The zero-order valence-electron chi connectivity index (χ0n) is 17.2. The second-order valence-electron chi connectivity index (χ2n) is 9.81. The molecule has 1 unspecified atom stereocenters. The second-order valence-corrected chi connectivity index (χ2v) is 9.81. The number of hydrogen-bond acceptors (Lipinski definition) is 3. The summed E-state index contributed by atoms with van der Waals surface area (Å²) < 4.78 is 2.67. The van der Waals surface area contributed by atoms with Crippen molar-refractivity contribution < 1.29 is 4.79 Å². The molecule has 1 amide bonds. The third kappa shape index (κ3) is 2.95. The molecule has 0 radical (unpaired) electrons. The molecule has 29 heavy (non-hydrogen) atoms. The van der Waals surface area contributed by atoms with Gasteiger partial charge in [0.25, 0.3) is 0 Å². The Morgan fingerprint density at radius 2 is 1.59 bits per heavy atom. The van der Waals surface area contributed by atoms with Crippen LogP contribution in [0.3, 0.4) is 0 Å². The van der Waals surface area contributed by atoms with Gasteiger partial charge in [-0.3, -0.25) is 19.0 Å². The van der Waals surface area contributed by atoms with Gasteiger partial charge in [0.1, 0.15) is 6.54 Å². The highest BCUT2D eigenvalue weighted by atomic mass is 16.2. The van der Waals surface area contributed by atoms with E-state index < -0.39 is 11.1 Å². The summed E-state index contributed by atoms with van der Waals surface area (Å²) in [6, 6.07) is 7.32. The molecule has 4 aliphatic carbocycles. The Balaban J connectivity index is 1.39. The van der Waals surface area contributed by atoms with Gasteiger partial charge >= 0.3 is 11.1 Å². The molecule has 1 atom stereocenters. The van der Waals surface area contributed by atoms with E-state index in [1.807, 2.05) is 12.1 Å². The quantitative estimate of drug-likeness (QED) is 0.808. The molecule has 0 aliphatic heterocycles. The highest BCUT2D eigenvalue weighted by Gasteiger charge is 2.53. The summed E-state index contributed by atoms with van der Waals surface area (Å²) in [5.74, 6) is 2.28. The Morgan fingerprint density at radius 3 is 2.17 bits per heavy atom. The van der Waals surface area contributed by atoms with Crippen LogP contribution in [0.1, 0.15) is 45.4 Å². The molecule has 154 valence electrons. The second kappa shape index (κ2) is 6.57. The molecule has 6 nitrogen and oxygen atoms in total. The first-order valence-electron chi connectivity index (χ1n) is 10.8. The van der Waals surface area contributed by atoms with Crippen molar-refractivity contribution in [3.8, 4) is 0 Å². The lowest BCUT2D eigenvalue weighted by Gasteiger charge is -2.59. The van der Waals surface area contributed by atoms with Gasteiger partial charge in [-0.15, -0.1) is 0 Å². The van der Waals surface area contributed by atoms with E-state index in [1.165, 1.54) is 47.7 Å². The standard InChI is InChI=1S/C23H29N3O3/c1-14(23-10-15-7-16(11-23)9-17(8-15)12-23)24-20(27)13-26-19-6-4-3-5-18(19)25(2)21(28)22(26)29/h3-6,14-17H,7-13H2,1-2H3,(H,24,27). The van der Waals surface area contributed by atoms with E-state index in [-0.39, 0.29) is 23.9 Å². The number of carbonyl (C=O) groups is 1. The molecule has 4 aliphatic rings. The molecule has 0 saturated heterocycles. The van der Waals surface area contributed by atoms with Crippen LogP contribution in [0.5, 0.6) is 0 Å². The number of carbonyl (C=O) groups excluding carboxylic acids is 1. The maximum absolute atomic E-state index is 12.9. The fourth-order valence-corrected chi connectivity index (χ4v) is 6.90. The van der Waals surface area contributed by atoms with Gasteiger partial charge in [0.2, 0.25) is 5.91 Å². The fourth-order valence-electron chi connectivity index (χ4n) is 6.90. The number of aryl methyl sites for hydroxylation is 1. The molecule has 1 aromatic carbocycles. The smallest absolute Gasteiger partial charge is 0.317 e. The Kier molecular flexibility index (Phi) is 4.23. The summed E-state index contributed by atoms with van der Waals surface area (Å²) in [4.78, 5) is 37.9.